The molecule has 0 radical (unpaired) electrons. The van der Waals surface area contributed by atoms with Crippen molar-refractivity contribution >= 4 is 17.4 Å². The molecule has 1 fully saturated rings. The zero-order valence-corrected chi connectivity index (χ0v) is 12.5. The van der Waals surface area contributed by atoms with Gasteiger partial charge >= 0.3 is 0 Å². The Morgan fingerprint density at radius 3 is 2.86 bits per heavy atom. The SMILES string of the molecule is CC#Cc1cn2nc(NC(=O)C3CC3)cc(C(C)C)c2n1. The number of amides is 1. The summed E-state index contributed by atoms with van der Waals surface area (Å²) in [6.07, 6.45) is 3.75. The van der Waals surface area contributed by atoms with Crippen LogP contribution in [-0.2, 0) is 4.79 Å². The Kier molecular flexibility index (Phi) is 3.38. The fraction of sp³-hybridized carbons (Fsp3) is 0.438. The summed E-state index contributed by atoms with van der Waals surface area (Å²) in [6.45, 7) is 5.98. The van der Waals surface area contributed by atoms with Crippen molar-refractivity contribution in [2.75, 3.05) is 5.32 Å². The molecule has 1 aliphatic carbocycles. The molecular formula is C16H18N4O. The second kappa shape index (κ2) is 5.21. The van der Waals surface area contributed by atoms with E-state index in [-0.39, 0.29) is 17.7 Å². The Hall–Kier alpha value is -2.35. The average molecular weight is 282 g/mol. The normalized spacial score (nSPS) is 14.1. The maximum atomic E-state index is 11.9. The average Bonchev–Trinajstić information content (AvgIpc) is 3.19. The molecule has 1 saturated carbocycles. The van der Waals surface area contributed by atoms with Gasteiger partial charge in [0.05, 0.1) is 6.20 Å². The third-order valence-corrected chi connectivity index (χ3v) is 3.53. The van der Waals surface area contributed by atoms with Gasteiger partial charge in [-0.15, -0.1) is 5.10 Å². The zero-order chi connectivity index (χ0) is 15.0. The number of anilines is 1. The number of rotatable bonds is 3. The van der Waals surface area contributed by atoms with Crippen molar-refractivity contribution < 1.29 is 4.79 Å². The maximum absolute atomic E-state index is 11.9. The van der Waals surface area contributed by atoms with Crippen molar-refractivity contribution in [3.05, 3.63) is 23.5 Å². The predicted molar refractivity (Wildman–Crippen MR) is 81.0 cm³/mol. The lowest BCUT2D eigenvalue weighted by molar-refractivity contribution is -0.117. The first-order valence-corrected chi connectivity index (χ1v) is 7.22. The summed E-state index contributed by atoms with van der Waals surface area (Å²) < 4.78 is 1.71. The summed E-state index contributed by atoms with van der Waals surface area (Å²) in [5.41, 5.74) is 2.55. The predicted octanol–water partition coefficient (Wildman–Crippen LogP) is 2.57. The molecule has 1 N–H and O–H groups in total. The number of fused-ring (bicyclic) bond motifs is 1. The van der Waals surface area contributed by atoms with E-state index in [9.17, 15) is 4.79 Å². The lowest BCUT2D eigenvalue weighted by Crippen LogP contribution is -2.16. The van der Waals surface area contributed by atoms with Crippen LogP contribution in [0.25, 0.3) is 5.65 Å². The van der Waals surface area contributed by atoms with E-state index in [0.29, 0.717) is 11.5 Å². The molecule has 2 aromatic rings. The van der Waals surface area contributed by atoms with Crippen LogP contribution in [0.5, 0.6) is 0 Å². The molecule has 0 unspecified atom stereocenters. The minimum absolute atomic E-state index is 0.0604. The highest BCUT2D eigenvalue weighted by molar-refractivity contribution is 5.93. The van der Waals surface area contributed by atoms with Crippen LogP contribution in [0.2, 0.25) is 0 Å². The Balaban J connectivity index is 2.04. The van der Waals surface area contributed by atoms with E-state index in [2.05, 4.69) is 41.1 Å². The molecule has 0 saturated heterocycles. The van der Waals surface area contributed by atoms with Gasteiger partial charge in [-0.25, -0.2) is 9.50 Å². The van der Waals surface area contributed by atoms with Crippen molar-refractivity contribution in [3.8, 4) is 11.8 Å². The first-order valence-electron chi connectivity index (χ1n) is 7.22. The fourth-order valence-electron chi connectivity index (χ4n) is 2.25. The first-order chi connectivity index (χ1) is 10.1. The summed E-state index contributed by atoms with van der Waals surface area (Å²) >= 11 is 0. The summed E-state index contributed by atoms with van der Waals surface area (Å²) in [7, 11) is 0. The number of carbonyl (C=O) groups is 1. The number of nitrogens with one attached hydrogen (secondary N) is 1. The number of nitrogens with zero attached hydrogens (tertiary/aromatic N) is 3. The maximum Gasteiger partial charge on any atom is 0.228 e. The molecule has 1 aliphatic rings. The highest BCUT2D eigenvalue weighted by atomic mass is 16.2. The Morgan fingerprint density at radius 1 is 1.48 bits per heavy atom. The molecule has 1 amide bonds. The third-order valence-electron chi connectivity index (χ3n) is 3.53. The Bertz CT molecular complexity index is 760. The van der Waals surface area contributed by atoms with Gasteiger partial charge < -0.3 is 5.32 Å². The van der Waals surface area contributed by atoms with E-state index in [1.165, 1.54) is 0 Å². The Labute approximate surface area is 123 Å². The molecule has 5 heteroatoms. The van der Waals surface area contributed by atoms with Crippen LogP contribution < -0.4 is 5.32 Å². The Morgan fingerprint density at radius 2 is 2.24 bits per heavy atom. The lowest BCUT2D eigenvalue weighted by Gasteiger charge is -2.10. The van der Waals surface area contributed by atoms with Gasteiger partial charge in [-0.1, -0.05) is 19.8 Å². The molecule has 0 spiro atoms. The topological polar surface area (TPSA) is 59.3 Å². The second-order valence-electron chi connectivity index (χ2n) is 5.67. The van der Waals surface area contributed by atoms with Gasteiger partial charge in [-0.2, -0.15) is 0 Å². The van der Waals surface area contributed by atoms with Gasteiger partial charge in [0.2, 0.25) is 5.91 Å². The monoisotopic (exact) mass is 282 g/mol. The van der Waals surface area contributed by atoms with E-state index in [4.69, 9.17) is 0 Å². The van der Waals surface area contributed by atoms with Gasteiger partial charge in [-0.05, 0) is 37.7 Å². The minimum Gasteiger partial charge on any atom is -0.309 e. The summed E-state index contributed by atoms with van der Waals surface area (Å²) in [5.74, 6) is 6.87. The van der Waals surface area contributed by atoms with Gasteiger partial charge in [0.25, 0.3) is 0 Å². The van der Waals surface area contributed by atoms with Crippen LogP contribution in [0.1, 0.15) is 50.8 Å². The quantitative estimate of drug-likeness (QED) is 0.880. The summed E-state index contributed by atoms with van der Waals surface area (Å²) in [6, 6.07) is 1.91. The first kappa shape index (κ1) is 13.6. The molecule has 5 nitrogen and oxygen atoms in total. The van der Waals surface area contributed by atoms with Gasteiger partial charge in [0.1, 0.15) is 5.69 Å². The standard InChI is InChI=1S/C16H18N4O/c1-4-5-12-9-20-15(17-12)13(10(2)3)8-14(19-20)18-16(21)11-6-7-11/h8-11H,6-7H2,1-3H3,(H,18,19,21). The highest BCUT2D eigenvalue weighted by Crippen LogP contribution is 2.30. The van der Waals surface area contributed by atoms with Crippen LogP contribution in [0.15, 0.2) is 12.3 Å². The molecular weight excluding hydrogens is 264 g/mol. The molecule has 2 heterocycles. The number of imidazole rings is 1. The molecule has 0 aromatic carbocycles. The third kappa shape index (κ3) is 2.75. The lowest BCUT2D eigenvalue weighted by atomic mass is 10.1. The molecule has 3 rings (SSSR count). The smallest absolute Gasteiger partial charge is 0.228 e. The van der Waals surface area contributed by atoms with E-state index >= 15 is 0 Å². The van der Waals surface area contributed by atoms with Crippen LogP contribution in [-0.4, -0.2) is 20.5 Å². The van der Waals surface area contributed by atoms with E-state index in [1.54, 1.807) is 17.6 Å². The van der Waals surface area contributed by atoms with E-state index in [1.807, 2.05) is 6.07 Å². The molecule has 0 bridgehead atoms. The van der Waals surface area contributed by atoms with Gasteiger partial charge in [-0.3, -0.25) is 4.79 Å². The van der Waals surface area contributed by atoms with Crippen LogP contribution in [0.3, 0.4) is 0 Å². The van der Waals surface area contributed by atoms with E-state index in [0.717, 1.165) is 24.1 Å². The van der Waals surface area contributed by atoms with Crippen molar-refractivity contribution in [1.29, 1.82) is 0 Å². The highest BCUT2D eigenvalue weighted by Gasteiger charge is 2.30. The van der Waals surface area contributed by atoms with Crippen LogP contribution in [0, 0.1) is 17.8 Å². The largest absolute Gasteiger partial charge is 0.309 e. The second-order valence-corrected chi connectivity index (χ2v) is 5.67. The fourth-order valence-corrected chi connectivity index (χ4v) is 2.25. The van der Waals surface area contributed by atoms with Crippen molar-refractivity contribution in [3.63, 3.8) is 0 Å². The number of carbonyl (C=O) groups excluding carboxylic acids is 1. The minimum atomic E-state index is 0.0604. The summed E-state index contributed by atoms with van der Waals surface area (Å²) in [5, 5.41) is 7.32. The van der Waals surface area contributed by atoms with Crippen molar-refractivity contribution in [2.24, 2.45) is 5.92 Å². The van der Waals surface area contributed by atoms with Crippen LogP contribution >= 0.6 is 0 Å². The molecule has 0 atom stereocenters. The van der Waals surface area contributed by atoms with Crippen LogP contribution in [0.4, 0.5) is 5.82 Å². The number of hydrogen-bond acceptors (Lipinski definition) is 3. The van der Waals surface area contributed by atoms with E-state index < -0.39 is 0 Å². The van der Waals surface area contributed by atoms with Crippen molar-refractivity contribution in [1.82, 2.24) is 14.6 Å². The van der Waals surface area contributed by atoms with Gasteiger partial charge in [0.15, 0.2) is 11.5 Å². The molecule has 0 aliphatic heterocycles. The molecule has 2 aromatic heterocycles. The number of hydrogen-bond donors (Lipinski definition) is 1. The van der Waals surface area contributed by atoms with Crippen molar-refractivity contribution in [2.45, 2.75) is 39.5 Å². The summed E-state index contributed by atoms with van der Waals surface area (Å²) in [4.78, 5) is 16.4. The zero-order valence-electron chi connectivity index (χ0n) is 12.5. The molecule has 108 valence electrons. The molecule has 21 heavy (non-hydrogen) atoms. The number of aromatic nitrogens is 3. The van der Waals surface area contributed by atoms with Gasteiger partial charge in [0, 0.05) is 11.5 Å².